The van der Waals surface area contributed by atoms with E-state index in [-0.39, 0.29) is 49.1 Å². The number of hydrogen-bond acceptors (Lipinski definition) is 3. The molecule has 1 aromatic heterocycles. The van der Waals surface area contributed by atoms with Crippen LogP contribution >= 0.6 is 0 Å². The molecule has 2 aliphatic carbocycles. The van der Waals surface area contributed by atoms with Crippen molar-refractivity contribution in [1.29, 1.82) is 0 Å². The smallest absolute Gasteiger partial charge is 0.0646 e. The van der Waals surface area contributed by atoms with Crippen LogP contribution in [0.25, 0.3) is 22.0 Å². The molecule has 0 aliphatic heterocycles. The number of nitrogens with zero attached hydrogens (tertiary/aromatic N) is 1. The van der Waals surface area contributed by atoms with Crippen molar-refractivity contribution >= 4 is 10.8 Å². The van der Waals surface area contributed by atoms with Gasteiger partial charge in [0.05, 0.1) is 12.2 Å². The number of aliphatic hydroxyl groups is 2. The van der Waals surface area contributed by atoms with Crippen molar-refractivity contribution in [2.24, 2.45) is 22.7 Å². The molecule has 2 aliphatic rings. The normalized spacial score (nSPS) is 26.5. The van der Waals surface area contributed by atoms with Gasteiger partial charge in [-0.1, -0.05) is 59.2 Å². The van der Waals surface area contributed by atoms with Gasteiger partial charge in [-0.05, 0) is 76.9 Å². The summed E-state index contributed by atoms with van der Waals surface area (Å²) in [6.07, 6.45) is 7.92. The van der Waals surface area contributed by atoms with E-state index in [2.05, 4.69) is 76.0 Å². The van der Waals surface area contributed by atoms with Gasteiger partial charge in [0.15, 0.2) is 0 Å². The first kappa shape index (κ1) is 29.0. The SMILES string of the molecule is CC1(C)CCCC2CCC(C)(C)C(O)C2C1O.CCc1cccc2c(-c3[c-]cccc3)nccc12.[Ir]. The van der Waals surface area contributed by atoms with Gasteiger partial charge >= 0.3 is 0 Å². The fourth-order valence-electron chi connectivity index (χ4n) is 6.27. The second kappa shape index (κ2) is 11.9. The molecule has 3 nitrogen and oxygen atoms in total. The standard InChI is InChI=1S/C17H14N.C15H28O2.Ir/c1-2-13-9-6-10-16-15(13)11-12-18-17(16)14-7-4-3-5-8-14;1-14(2)8-5-6-10-7-9-15(3,4)13(17)11(10)12(14)16;/h3-7,9-12H,2H2,1H3;10-13,16-17H,5-9H2,1-4H3;/q-1;;. The van der Waals surface area contributed by atoms with Crippen LogP contribution in [0, 0.1) is 28.7 Å². The fourth-order valence-corrected chi connectivity index (χ4v) is 6.27. The van der Waals surface area contributed by atoms with Crippen LogP contribution < -0.4 is 0 Å². The molecule has 1 heterocycles. The Morgan fingerprint density at radius 2 is 1.61 bits per heavy atom. The summed E-state index contributed by atoms with van der Waals surface area (Å²) in [5.41, 5.74) is 3.35. The van der Waals surface area contributed by atoms with Crippen molar-refractivity contribution in [3.05, 3.63) is 66.4 Å². The van der Waals surface area contributed by atoms with E-state index >= 15 is 0 Å². The summed E-state index contributed by atoms with van der Waals surface area (Å²) >= 11 is 0. The van der Waals surface area contributed by atoms with E-state index in [0.717, 1.165) is 30.5 Å². The van der Waals surface area contributed by atoms with Gasteiger partial charge in [-0.3, -0.25) is 0 Å². The number of aliphatic hydroxyl groups excluding tert-OH is 2. The molecule has 0 spiro atoms. The number of hydrogen-bond donors (Lipinski definition) is 2. The molecule has 3 aromatic rings. The molecule has 2 saturated carbocycles. The Morgan fingerprint density at radius 1 is 0.889 bits per heavy atom. The minimum Gasteiger partial charge on any atom is -0.392 e. The summed E-state index contributed by atoms with van der Waals surface area (Å²) in [6, 6.07) is 19.8. The molecule has 4 heteroatoms. The largest absolute Gasteiger partial charge is 0.392 e. The third-order valence-corrected chi connectivity index (χ3v) is 8.67. The summed E-state index contributed by atoms with van der Waals surface area (Å²) in [5, 5.41) is 23.8. The van der Waals surface area contributed by atoms with Gasteiger partial charge in [-0.2, -0.15) is 0 Å². The summed E-state index contributed by atoms with van der Waals surface area (Å²) < 4.78 is 0. The Kier molecular flexibility index (Phi) is 9.55. The van der Waals surface area contributed by atoms with Gasteiger partial charge in [0.2, 0.25) is 0 Å². The number of aryl methyl sites for hydroxylation is 1. The summed E-state index contributed by atoms with van der Waals surface area (Å²) in [5.74, 6) is 0.603. The predicted octanol–water partition coefficient (Wildman–Crippen LogP) is 7.23. The number of rotatable bonds is 2. The molecule has 4 unspecified atom stereocenters. The number of benzene rings is 2. The zero-order chi connectivity index (χ0) is 25.2. The van der Waals surface area contributed by atoms with Crippen LogP contribution in [0.2, 0.25) is 0 Å². The zero-order valence-electron chi connectivity index (χ0n) is 22.4. The van der Waals surface area contributed by atoms with Crippen LogP contribution in [0.5, 0.6) is 0 Å². The third kappa shape index (κ3) is 5.94. The van der Waals surface area contributed by atoms with Gasteiger partial charge in [0, 0.05) is 32.2 Å². The molecule has 0 bridgehead atoms. The molecule has 197 valence electrons. The van der Waals surface area contributed by atoms with Crippen LogP contribution in [-0.2, 0) is 26.5 Å². The van der Waals surface area contributed by atoms with Crippen LogP contribution in [-0.4, -0.2) is 27.4 Å². The molecule has 1 radical (unpaired) electrons. The van der Waals surface area contributed by atoms with Crippen LogP contribution in [0.15, 0.2) is 54.7 Å². The van der Waals surface area contributed by atoms with E-state index in [1.807, 2.05) is 24.4 Å². The maximum Gasteiger partial charge on any atom is 0.0646 e. The Bertz CT molecular complexity index is 1130. The van der Waals surface area contributed by atoms with Gasteiger partial charge in [0.1, 0.15) is 0 Å². The predicted molar refractivity (Wildman–Crippen MR) is 145 cm³/mol. The number of pyridine rings is 1. The molecule has 36 heavy (non-hydrogen) atoms. The second-order valence-corrected chi connectivity index (χ2v) is 11.9. The summed E-state index contributed by atoms with van der Waals surface area (Å²) in [4.78, 5) is 4.52. The van der Waals surface area contributed by atoms with Crippen LogP contribution in [0.4, 0.5) is 0 Å². The van der Waals surface area contributed by atoms with E-state index in [1.165, 1.54) is 35.6 Å². The van der Waals surface area contributed by atoms with Gasteiger partial charge in [0.25, 0.3) is 0 Å². The van der Waals surface area contributed by atoms with Crippen molar-refractivity contribution in [2.45, 2.75) is 85.4 Å². The van der Waals surface area contributed by atoms with Gasteiger partial charge in [-0.25, -0.2) is 0 Å². The zero-order valence-corrected chi connectivity index (χ0v) is 24.8. The Labute approximate surface area is 231 Å². The minimum absolute atomic E-state index is 0. The average molecular weight is 665 g/mol. The molecule has 0 amide bonds. The molecule has 2 N–H and O–H groups in total. The number of aromatic nitrogens is 1. The first-order chi connectivity index (χ1) is 16.7. The third-order valence-electron chi connectivity index (χ3n) is 8.67. The molecule has 4 atom stereocenters. The van der Waals surface area contributed by atoms with E-state index in [1.54, 1.807) is 0 Å². The van der Waals surface area contributed by atoms with E-state index in [0.29, 0.717) is 5.92 Å². The molecule has 2 fully saturated rings. The molecular formula is C32H42IrNO2-. The monoisotopic (exact) mass is 665 g/mol. The van der Waals surface area contributed by atoms with Crippen molar-refractivity contribution in [3.8, 4) is 11.3 Å². The maximum atomic E-state index is 10.7. The Morgan fingerprint density at radius 3 is 2.28 bits per heavy atom. The van der Waals surface area contributed by atoms with E-state index < -0.39 is 0 Å². The fraction of sp³-hybridized carbons (Fsp3) is 0.531. The van der Waals surface area contributed by atoms with Gasteiger partial charge in [-0.15, -0.1) is 35.9 Å². The van der Waals surface area contributed by atoms with Crippen molar-refractivity contribution in [1.82, 2.24) is 4.98 Å². The maximum absolute atomic E-state index is 10.7. The average Bonchev–Trinajstić information content (AvgIpc) is 2.97. The van der Waals surface area contributed by atoms with E-state index in [9.17, 15) is 10.2 Å². The first-order valence-corrected chi connectivity index (χ1v) is 13.4. The van der Waals surface area contributed by atoms with Crippen LogP contribution in [0.3, 0.4) is 0 Å². The van der Waals surface area contributed by atoms with Crippen molar-refractivity contribution in [3.63, 3.8) is 0 Å². The van der Waals surface area contributed by atoms with Crippen molar-refractivity contribution in [2.75, 3.05) is 0 Å². The topological polar surface area (TPSA) is 53.4 Å². The number of fused-ring (bicyclic) bond motifs is 2. The molecule has 0 saturated heterocycles. The quantitative estimate of drug-likeness (QED) is 0.284. The first-order valence-electron chi connectivity index (χ1n) is 13.4. The Hall–Kier alpha value is -1.58. The Balaban J connectivity index is 0.000000196. The van der Waals surface area contributed by atoms with E-state index in [4.69, 9.17) is 0 Å². The minimum atomic E-state index is -0.357. The van der Waals surface area contributed by atoms with Gasteiger partial charge < -0.3 is 15.2 Å². The molecule has 5 rings (SSSR count). The van der Waals surface area contributed by atoms with Crippen molar-refractivity contribution < 1.29 is 30.3 Å². The molecular weight excluding hydrogens is 623 g/mol. The van der Waals surface area contributed by atoms with Crippen LogP contribution in [0.1, 0.15) is 72.3 Å². The molecule has 2 aromatic carbocycles. The summed E-state index contributed by atoms with van der Waals surface area (Å²) in [6.45, 7) is 10.8. The summed E-state index contributed by atoms with van der Waals surface area (Å²) in [7, 11) is 0. The second-order valence-electron chi connectivity index (χ2n) is 11.9.